The summed E-state index contributed by atoms with van der Waals surface area (Å²) in [4.78, 5) is 34.9. The van der Waals surface area contributed by atoms with Crippen molar-refractivity contribution in [3.8, 4) is 0 Å². The summed E-state index contributed by atoms with van der Waals surface area (Å²) in [6.07, 6.45) is 39.4. The lowest BCUT2D eigenvalue weighted by molar-refractivity contribution is -0.161. The van der Waals surface area contributed by atoms with Crippen molar-refractivity contribution in [1.29, 1.82) is 0 Å². The number of phosphoric acid groups is 1. The number of esters is 2. The van der Waals surface area contributed by atoms with Crippen LogP contribution in [0.2, 0.25) is 0 Å². The summed E-state index contributed by atoms with van der Waals surface area (Å²) < 4.78 is 32.6. The van der Waals surface area contributed by atoms with Crippen LogP contribution in [0, 0.1) is 0 Å². The Bertz CT molecular complexity index is 1030. The van der Waals surface area contributed by atoms with Crippen LogP contribution in [-0.4, -0.2) is 65.7 Å². The van der Waals surface area contributed by atoms with Crippen molar-refractivity contribution >= 4 is 19.8 Å². The Hall–Kier alpha value is -2.07. The molecule has 3 atom stereocenters. The summed E-state index contributed by atoms with van der Waals surface area (Å²) in [5.41, 5.74) is 0. The predicted molar refractivity (Wildman–Crippen MR) is 214 cm³/mol. The average molecular weight is 771 g/mol. The summed E-state index contributed by atoms with van der Waals surface area (Å²) in [5.74, 6) is -0.999. The van der Waals surface area contributed by atoms with Crippen LogP contribution in [0.4, 0.5) is 0 Å². The van der Waals surface area contributed by atoms with Crippen LogP contribution < -0.4 is 0 Å². The molecule has 0 amide bonds. The molecule has 0 heterocycles. The van der Waals surface area contributed by atoms with Crippen LogP contribution in [0.1, 0.15) is 168 Å². The van der Waals surface area contributed by atoms with Crippen molar-refractivity contribution in [1.82, 2.24) is 0 Å². The maximum absolute atomic E-state index is 12.6. The second-order valence-corrected chi connectivity index (χ2v) is 15.1. The van der Waals surface area contributed by atoms with Crippen LogP contribution >= 0.6 is 7.82 Å². The van der Waals surface area contributed by atoms with Gasteiger partial charge in [0.15, 0.2) is 6.10 Å². The molecule has 308 valence electrons. The van der Waals surface area contributed by atoms with E-state index in [2.05, 4.69) is 60.9 Å². The van der Waals surface area contributed by atoms with E-state index in [1.54, 1.807) is 0 Å². The van der Waals surface area contributed by atoms with E-state index >= 15 is 0 Å². The summed E-state index contributed by atoms with van der Waals surface area (Å²) in [6.45, 7) is 2.28. The fourth-order valence-electron chi connectivity index (χ4n) is 5.24. The van der Waals surface area contributed by atoms with Gasteiger partial charge in [-0.25, -0.2) is 4.57 Å². The smallest absolute Gasteiger partial charge is 0.462 e. The molecule has 0 saturated heterocycles. The van der Waals surface area contributed by atoms with Crippen molar-refractivity contribution in [2.75, 3.05) is 26.4 Å². The van der Waals surface area contributed by atoms with Crippen LogP contribution in [0.3, 0.4) is 0 Å². The minimum atomic E-state index is -4.63. The summed E-state index contributed by atoms with van der Waals surface area (Å²) in [7, 11) is -4.63. The van der Waals surface area contributed by atoms with Gasteiger partial charge in [-0.2, -0.15) is 0 Å². The van der Waals surface area contributed by atoms with E-state index in [1.165, 1.54) is 64.2 Å². The fourth-order valence-corrected chi connectivity index (χ4v) is 6.03. The number of hydrogen-bond donors (Lipinski definition) is 3. The molecule has 53 heavy (non-hydrogen) atoms. The zero-order valence-corrected chi connectivity index (χ0v) is 34.1. The highest BCUT2D eigenvalue weighted by Gasteiger charge is 2.27. The van der Waals surface area contributed by atoms with Crippen molar-refractivity contribution < 1.29 is 47.8 Å². The molecule has 0 aromatic heterocycles. The zero-order valence-electron chi connectivity index (χ0n) is 33.2. The molecule has 0 bridgehead atoms. The summed E-state index contributed by atoms with van der Waals surface area (Å²) >= 11 is 0. The molecule has 0 aliphatic heterocycles. The summed E-state index contributed by atoms with van der Waals surface area (Å²) in [6, 6.07) is 0. The molecule has 11 heteroatoms. The predicted octanol–water partition coefficient (Wildman–Crippen LogP) is 10.6. The topological polar surface area (TPSA) is 149 Å². The maximum Gasteiger partial charge on any atom is 0.472 e. The third-order valence-electron chi connectivity index (χ3n) is 8.46. The number of aliphatic hydroxyl groups is 2. The van der Waals surface area contributed by atoms with Gasteiger partial charge in [0.2, 0.25) is 0 Å². The molecule has 0 saturated carbocycles. The average Bonchev–Trinajstić information content (AvgIpc) is 3.14. The maximum atomic E-state index is 12.6. The molecule has 0 aliphatic carbocycles. The first kappa shape index (κ1) is 50.9. The van der Waals surface area contributed by atoms with E-state index in [1.807, 2.05) is 6.08 Å². The number of ether oxygens (including phenoxy) is 2. The largest absolute Gasteiger partial charge is 0.472 e. The van der Waals surface area contributed by atoms with Gasteiger partial charge in [-0.1, -0.05) is 133 Å². The van der Waals surface area contributed by atoms with Crippen molar-refractivity contribution in [3.63, 3.8) is 0 Å². The Morgan fingerprint density at radius 2 is 1.00 bits per heavy atom. The SMILES string of the molecule is CCCCCC/C=C/CCCCCCCC(=O)OC[C@H](COP(=O)(O)OC[C@@H](O)CO)OC(=O)CCC/C=C/C/C=C/C/C=C/CCCCCCCC. The minimum absolute atomic E-state index is 0.110. The number of aliphatic hydroxyl groups excluding tert-OH is 2. The molecule has 0 aromatic rings. The molecule has 0 fully saturated rings. The first-order valence-corrected chi connectivity index (χ1v) is 22.1. The third-order valence-corrected chi connectivity index (χ3v) is 9.41. The number of hydrogen-bond acceptors (Lipinski definition) is 9. The zero-order chi connectivity index (χ0) is 39.1. The van der Waals surface area contributed by atoms with E-state index < -0.39 is 51.8 Å². The molecular formula is C42H75O10P. The van der Waals surface area contributed by atoms with E-state index in [0.29, 0.717) is 19.3 Å². The van der Waals surface area contributed by atoms with Gasteiger partial charge < -0.3 is 24.6 Å². The first-order chi connectivity index (χ1) is 25.7. The highest BCUT2D eigenvalue weighted by molar-refractivity contribution is 7.47. The van der Waals surface area contributed by atoms with E-state index in [4.69, 9.17) is 19.1 Å². The monoisotopic (exact) mass is 771 g/mol. The number of rotatable bonds is 38. The second-order valence-electron chi connectivity index (χ2n) is 13.7. The molecule has 0 aliphatic rings. The van der Waals surface area contributed by atoms with Gasteiger partial charge in [0.25, 0.3) is 0 Å². The van der Waals surface area contributed by atoms with Gasteiger partial charge in [-0.3, -0.25) is 18.6 Å². The molecule has 10 nitrogen and oxygen atoms in total. The third kappa shape index (κ3) is 38.0. The molecule has 1 unspecified atom stereocenters. The minimum Gasteiger partial charge on any atom is -0.462 e. The number of phosphoric ester groups is 1. The Balaban J connectivity index is 4.44. The van der Waals surface area contributed by atoms with Crippen LogP contribution in [-0.2, 0) is 32.7 Å². The van der Waals surface area contributed by atoms with Crippen LogP contribution in [0.5, 0.6) is 0 Å². The fraction of sp³-hybridized carbons (Fsp3) is 0.762. The lowest BCUT2D eigenvalue weighted by atomic mass is 10.1. The van der Waals surface area contributed by atoms with Crippen molar-refractivity contribution in [3.05, 3.63) is 48.6 Å². The van der Waals surface area contributed by atoms with E-state index in [9.17, 15) is 24.2 Å². The quantitative estimate of drug-likeness (QED) is 0.0240. The Morgan fingerprint density at radius 1 is 0.566 bits per heavy atom. The van der Waals surface area contributed by atoms with Gasteiger partial charge in [-0.15, -0.1) is 0 Å². The lowest BCUT2D eigenvalue weighted by Gasteiger charge is -2.20. The Morgan fingerprint density at radius 3 is 1.57 bits per heavy atom. The van der Waals surface area contributed by atoms with Gasteiger partial charge in [0, 0.05) is 12.8 Å². The van der Waals surface area contributed by atoms with Gasteiger partial charge >= 0.3 is 19.8 Å². The highest BCUT2D eigenvalue weighted by Crippen LogP contribution is 2.43. The Kier molecular flexibility index (Phi) is 36.7. The van der Waals surface area contributed by atoms with Crippen molar-refractivity contribution in [2.45, 2.75) is 180 Å². The first-order valence-electron chi connectivity index (χ1n) is 20.6. The lowest BCUT2D eigenvalue weighted by Crippen LogP contribution is -2.29. The normalized spacial score (nSPS) is 14.4. The van der Waals surface area contributed by atoms with E-state index in [0.717, 1.165) is 57.8 Å². The molecule has 0 rings (SSSR count). The Labute approximate surface area is 322 Å². The number of carbonyl (C=O) groups excluding carboxylic acids is 2. The molecule has 0 spiro atoms. The molecule has 0 radical (unpaired) electrons. The number of carbonyl (C=O) groups is 2. The van der Waals surface area contributed by atoms with Gasteiger partial charge in [0.1, 0.15) is 12.7 Å². The van der Waals surface area contributed by atoms with Crippen LogP contribution in [0.25, 0.3) is 0 Å². The number of allylic oxidation sites excluding steroid dienone is 8. The van der Waals surface area contributed by atoms with Gasteiger partial charge in [0.05, 0.1) is 19.8 Å². The van der Waals surface area contributed by atoms with E-state index in [-0.39, 0.29) is 19.4 Å². The van der Waals surface area contributed by atoms with Crippen LogP contribution in [0.15, 0.2) is 48.6 Å². The second kappa shape index (κ2) is 38.2. The number of unbranched alkanes of at least 4 members (excludes halogenated alkanes) is 16. The molecule has 0 aromatic carbocycles. The molecule has 3 N–H and O–H groups in total. The summed E-state index contributed by atoms with van der Waals surface area (Å²) in [5, 5.41) is 18.3. The highest BCUT2D eigenvalue weighted by atomic mass is 31.2. The standard InChI is InChI=1S/C42H75O10P/c1-3-5-7-9-11-13-15-17-18-19-20-22-24-26-28-30-32-34-42(46)52-40(38-51-53(47,48)50-36-39(44)35-43)37-49-41(45)33-31-29-27-25-23-21-16-14-12-10-8-6-4-2/h14,16-18,20,22,26,28,39-40,43-44H,3-13,15,19,21,23-25,27,29-38H2,1-2H3,(H,47,48)/b16-14+,18-17+,22-20+,28-26+/t39-,40+/m0/s1. The molecular weight excluding hydrogens is 695 g/mol. The van der Waals surface area contributed by atoms with Gasteiger partial charge in [-0.05, 0) is 70.6 Å². The van der Waals surface area contributed by atoms with Crippen molar-refractivity contribution in [2.24, 2.45) is 0 Å².